The maximum atomic E-state index is 9.92. The number of carbonyl (C=O) groups excluding carboxylic acids is 1. The molecule has 7 heavy (non-hydrogen) atoms. The third-order valence-electron chi connectivity index (χ3n) is 0.414. The molecule has 0 aromatic carbocycles. The molecule has 0 atom stereocenters. The molecule has 0 unspecified atom stereocenters. The quantitative estimate of drug-likeness (QED) is 0.429. The molecule has 0 amide bonds. The monoisotopic (exact) mass is 121 g/mol. The first-order valence-electron chi connectivity index (χ1n) is 1.50. The molecule has 0 heterocycles. The zero-order valence-electron chi connectivity index (χ0n) is 3.84. The van der Waals surface area contributed by atoms with Crippen molar-refractivity contribution in [2.24, 2.45) is 0 Å². The molecule has 0 spiro atoms. The summed E-state index contributed by atoms with van der Waals surface area (Å²) in [5, 5.41) is -1.03. The summed E-state index contributed by atoms with van der Waals surface area (Å²) < 4.78 is 19.8. The summed E-state index contributed by atoms with van der Waals surface area (Å²) in [5.41, 5.74) is 0. The number of carbonyl (C=O) groups is 1. The van der Waals surface area contributed by atoms with Crippen LogP contribution >= 0.6 is 0 Å². The van der Waals surface area contributed by atoms with Crippen molar-refractivity contribution < 1.29 is 13.2 Å². The van der Waals surface area contributed by atoms with Crippen LogP contribution in [-0.4, -0.2) is 19.8 Å². The van der Waals surface area contributed by atoms with Crippen LogP contribution in [-0.2, 0) is 14.6 Å². The number of hydrogen-bond donors (Lipinski definition) is 0. The molecule has 0 saturated heterocycles. The van der Waals surface area contributed by atoms with E-state index < -0.39 is 15.0 Å². The molecule has 41 valence electrons. The molecular formula is C3H5O3S. The molecule has 0 fully saturated rings. The molecule has 0 aromatic rings. The summed E-state index contributed by atoms with van der Waals surface area (Å²) in [7, 11) is -3.49. The molecule has 4 heteroatoms. The maximum absolute atomic E-state index is 9.92. The Balaban J connectivity index is 4.43. The van der Waals surface area contributed by atoms with Gasteiger partial charge in [-0.3, -0.25) is 4.79 Å². The molecule has 0 bridgehead atoms. The second kappa shape index (κ2) is 1.61. The Morgan fingerprint density at radius 3 is 1.71 bits per heavy atom. The average molecular weight is 121 g/mol. The van der Waals surface area contributed by atoms with Crippen LogP contribution in [0.3, 0.4) is 0 Å². The summed E-state index contributed by atoms with van der Waals surface area (Å²) in [6.45, 7) is 2.68. The lowest BCUT2D eigenvalue weighted by Gasteiger charge is -1.81. The lowest BCUT2D eigenvalue weighted by molar-refractivity contribution is -0.107. The predicted molar refractivity (Wildman–Crippen MR) is 25.2 cm³/mol. The zero-order chi connectivity index (χ0) is 6.08. The van der Waals surface area contributed by atoms with Crippen LogP contribution in [0.5, 0.6) is 0 Å². The fourth-order valence-electron chi connectivity index (χ4n) is 0. The summed E-state index contributed by atoms with van der Waals surface area (Å²) in [6.07, 6.45) is 0.822. The first-order valence-corrected chi connectivity index (χ1v) is 3.39. The van der Waals surface area contributed by atoms with Crippen molar-refractivity contribution in [3.8, 4) is 0 Å². The van der Waals surface area contributed by atoms with E-state index in [0.717, 1.165) is 6.26 Å². The second-order valence-corrected chi connectivity index (χ2v) is 3.14. The maximum Gasteiger partial charge on any atom is 0.246 e. The van der Waals surface area contributed by atoms with Crippen molar-refractivity contribution in [1.82, 2.24) is 0 Å². The highest BCUT2D eigenvalue weighted by atomic mass is 32.2. The van der Waals surface area contributed by atoms with Crippen LogP contribution in [0.25, 0.3) is 0 Å². The van der Waals surface area contributed by atoms with E-state index in [9.17, 15) is 13.2 Å². The van der Waals surface area contributed by atoms with Crippen molar-refractivity contribution in [3.05, 3.63) is 6.92 Å². The highest BCUT2D eigenvalue weighted by Crippen LogP contribution is 1.79. The Morgan fingerprint density at radius 2 is 1.71 bits per heavy atom. The molecule has 0 aromatic heterocycles. The van der Waals surface area contributed by atoms with Crippen molar-refractivity contribution in [2.45, 2.75) is 0 Å². The van der Waals surface area contributed by atoms with Gasteiger partial charge in [0.1, 0.15) is 0 Å². The van der Waals surface area contributed by atoms with Crippen molar-refractivity contribution in [3.63, 3.8) is 0 Å². The van der Waals surface area contributed by atoms with Crippen molar-refractivity contribution in [2.75, 3.05) is 6.26 Å². The van der Waals surface area contributed by atoms with Gasteiger partial charge in [-0.2, -0.15) is 0 Å². The smallest absolute Gasteiger partial charge is 0.246 e. The van der Waals surface area contributed by atoms with Gasteiger partial charge in [-0.25, -0.2) is 8.42 Å². The third-order valence-corrected chi connectivity index (χ3v) is 1.24. The Kier molecular flexibility index (Phi) is 1.53. The Hall–Kier alpha value is -0.380. The van der Waals surface area contributed by atoms with Crippen LogP contribution in [0.15, 0.2) is 0 Å². The van der Waals surface area contributed by atoms with Gasteiger partial charge >= 0.3 is 0 Å². The average Bonchev–Trinajstić information content (AvgIpc) is 1.31. The summed E-state index contributed by atoms with van der Waals surface area (Å²) in [4.78, 5) is 9.77. The minimum absolute atomic E-state index is 0.822. The molecule has 0 rings (SSSR count). The third kappa shape index (κ3) is 2.33. The van der Waals surface area contributed by atoms with Gasteiger partial charge in [-0.1, -0.05) is 0 Å². The fraction of sp³-hybridized carbons (Fsp3) is 0.333. The fourth-order valence-corrected chi connectivity index (χ4v) is 0. The summed E-state index contributed by atoms with van der Waals surface area (Å²) in [6, 6.07) is 0. The van der Waals surface area contributed by atoms with E-state index in [2.05, 4.69) is 6.92 Å². The van der Waals surface area contributed by atoms with Crippen LogP contribution < -0.4 is 0 Å². The van der Waals surface area contributed by atoms with Gasteiger partial charge in [0.15, 0.2) is 0 Å². The summed E-state index contributed by atoms with van der Waals surface area (Å²) >= 11 is 0. The Morgan fingerprint density at radius 1 is 1.57 bits per heavy atom. The first kappa shape index (κ1) is 6.62. The van der Waals surface area contributed by atoms with E-state index in [-0.39, 0.29) is 0 Å². The predicted octanol–water partition coefficient (Wildman–Crippen LogP) is -0.608. The highest BCUT2D eigenvalue weighted by molar-refractivity contribution is 8.05. The van der Waals surface area contributed by atoms with Gasteiger partial charge in [0.05, 0.1) is 0 Å². The molecule has 0 aliphatic carbocycles. The minimum Gasteiger partial charge on any atom is -0.282 e. The van der Waals surface area contributed by atoms with Crippen LogP contribution in [0.1, 0.15) is 0 Å². The summed E-state index contributed by atoms with van der Waals surface area (Å²) in [5.74, 6) is 0. The van der Waals surface area contributed by atoms with Gasteiger partial charge in [0.25, 0.3) is 0 Å². The standard InChI is InChI=1S/C3H5O3S/c1-3(4)7(2,5)6/h1H2,2H3. The van der Waals surface area contributed by atoms with E-state index in [4.69, 9.17) is 0 Å². The van der Waals surface area contributed by atoms with Gasteiger partial charge < -0.3 is 0 Å². The topological polar surface area (TPSA) is 51.2 Å². The van der Waals surface area contributed by atoms with Gasteiger partial charge in [0.2, 0.25) is 15.0 Å². The molecular weight excluding hydrogens is 116 g/mol. The second-order valence-electron chi connectivity index (χ2n) is 1.14. The van der Waals surface area contributed by atoms with Gasteiger partial charge in [-0.15, -0.1) is 0 Å². The molecule has 3 nitrogen and oxygen atoms in total. The van der Waals surface area contributed by atoms with Crippen LogP contribution in [0.4, 0.5) is 0 Å². The van der Waals surface area contributed by atoms with Crippen molar-refractivity contribution in [1.29, 1.82) is 0 Å². The van der Waals surface area contributed by atoms with Crippen molar-refractivity contribution >= 4 is 15.0 Å². The van der Waals surface area contributed by atoms with E-state index in [1.807, 2.05) is 0 Å². The molecule has 0 N–H and O–H groups in total. The lowest BCUT2D eigenvalue weighted by atomic mass is 10.9. The number of sulfone groups is 1. The van der Waals surface area contributed by atoms with E-state index >= 15 is 0 Å². The SMILES string of the molecule is [CH2]C(=O)S(C)(=O)=O. The first-order chi connectivity index (χ1) is 2.94. The minimum atomic E-state index is -3.49. The van der Waals surface area contributed by atoms with E-state index in [0.29, 0.717) is 0 Å². The molecule has 0 aliphatic rings. The van der Waals surface area contributed by atoms with E-state index in [1.54, 1.807) is 0 Å². The van der Waals surface area contributed by atoms with Crippen LogP contribution in [0.2, 0.25) is 0 Å². The normalized spacial score (nSPS) is 11.1. The zero-order valence-corrected chi connectivity index (χ0v) is 4.66. The van der Waals surface area contributed by atoms with Crippen LogP contribution in [0, 0.1) is 6.92 Å². The van der Waals surface area contributed by atoms with E-state index in [1.165, 1.54) is 0 Å². The molecule has 0 aliphatic heterocycles. The number of hydrogen-bond acceptors (Lipinski definition) is 3. The Labute approximate surface area is 42.3 Å². The number of rotatable bonds is 0. The lowest BCUT2D eigenvalue weighted by Crippen LogP contribution is -2.06. The highest BCUT2D eigenvalue weighted by Gasteiger charge is 2.06. The molecule has 0 saturated carbocycles. The Bertz CT molecular complexity index is 165. The van der Waals surface area contributed by atoms with Gasteiger partial charge in [0, 0.05) is 13.2 Å². The van der Waals surface area contributed by atoms with Gasteiger partial charge in [-0.05, 0) is 0 Å². The largest absolute Gasteiger partial charge is 0.282 e. The molecule has 1 radical (unpaired) electrons.